The summed E-state index contributed by atoms with van der Waals surface area (Å²) in [5, 5.41) is 0. The Morgan fingerprint density at radius 1 is 1.08 bits per heavy atom. The number of nitrogens with one attached hydrogen (secondary N) is 1. The van der Waals surface area contributed by atoms with Crippen molar-refractivity contribution in [3.05, 3.63) is 46.8 Å². The number of aryl methyl sites for hydroxylation is 2. The van der Waals surface area contributed by atoms with Crippen LogP contribution < -0.4 is 4.72 Å². The van der Waals surface area contributed by atoms with Gasteiger partial charge in [-0.05, 0) is 82.1 Å². The van der Waals surface area contributed by atoms with Crippen LogP contribution in [0.2, 0.25) is 0 Å². The molecule has 0 unspecified atom stereocenters. The van der Waals surface area contributed by atoms with E-state index < -0.39 is 10.0 Å². The molecule has 0 spiro atoms. The lowest BCUT2D eigenvalue weighted by Gasteiger charge is -2.14. The van der Waals surface area contributed by atoms with Gasteiger partial charge in [0.15, 0.2) is 0 Å². The third-order valence-electron chi connectivity index (χ3n) is 4.33. The van der Waals surface area contributed by atoms with Gasteiger partial charge in [0.2, 0.25) is 0 Å². The van der Waals surface area contributed by atoms with E-state index in [1.54, 1.807) is 6.07 Å². The number of thiophene rings is 1. The smallest absolute Gasteiger partial charge is 0.271 e. The molecule has 0 radical (unpaired) electrons. The number of hydrogen-bond acceptors (Lipinski definition) is 4. The van der Waals surface area contributed by atoms with Gasteiger partial charge in [-0.15, -0.1) is 11.3 Å². The first-order valence-corrected chi connectivity index (χ1v) is 10.7. The minimum Gasteiger partial charge on any atom is -0.303 e. The van der Waals surface area contributed by atoms with E-state index in [1.165, 1.54) is 42.8 Å². The highest BCUT2D eigenvalue weighted by atomic mass is 32.2. The Morgan fingerprint density at radius 3 is 2.42 bits per heavy atom. The Morgan fingerprint density at radius 2 is 1.79 bits per heavy atom. The Bertz CT molecular complexity index is 761. The molecule has 0 bridgehead atoms. The van der Waals surface area contributed by atoms with Crippen LogP contribution in [0.15, 0.2) is 40.6 Å². The monoisotopic (exact) mass is 364 g/mol. The molecule has 1 saturated heterocycles. The molecular weight excluding hydrogens is 340 g/mol. The molecule has 0 amide bonds. The summed E-state index contributed by atoms with van der Waals surface area (Å²) in [5.41, 5.74) is 1.87. The molecule has 1 N–H and O–H groups in total. The number of rotatable bonds is 7. The van der Waals surface area contributed by atoms with Crippen LogP contribution in [0.25, 0.3) is 0 Å². The van der Waals surface area contributed by atoms with Crippen molar-refractivity contribution in [2.45, 2.75) is 36.8 Å². The summed E-state index contributed by atoms with van der Waals surface area (Å²) in [6.07, 6.45) is 4.85. The summed E-state index contributed by atoms with van der Waals surface area (Å²) in [6, 6.07) is 11.2. The van der Waals surface area contributed by atoms with E-state index >= 15 is 0 Å². The Kier molecular flexibility index (Phi) is 5.58. The van der Waals surface area contributed by atoms with Crippen molar-refractivity contribution < 1.29 is 8.42 Å². The second kappa shape index (κ2) is 7.68. The number of nitrogens with zero attached hydrogens (tertiary/aromatic N) is 1. The van der Waals surface area contributed by atoms with Crippen molar-refractivity contribution in [3.8, 4) is 0 Å². The van der Waals surface area contributed by atoms with Gasteiger partial charge in [-0.2, -0.15) is 0 Å². The number of benzene rings is 1. The predicted molar refractivity (Wildman–Crippen MR) is 100 cm³/mol. The molecule has 0 saturated carbocycles. The molecule has 3 rings (SSSR count). The van der Waals surface area contributed by atoms with E-state index in [-0.39, 0.29) is 0 Å². The molecule has 4 nitrogen and oxygen atoms in total. The molecule has 1 fully saturated rings. The second-order valence-corrected chi connectivity index (χ2v) is 9.52. The first-order valence-electron chi connectivity index (χ1n) is 8.43. The van der Waals surface area contributed by atoms with Gasteiger partial charge in [-0.3, -0.25) is 4.72 Å². The van der Waals surface area contributed by atoms with Crippen molar-refractivity contribution in [2.75, 3.05) is 24.4 Å². The second-order valence-electron chi connectivity index (χ2n) is 6.32. The maximum atomic E-state index is 12.3. The molecule has 24 heavy (non-hydrogen) atoms. The zero-order chi connectivity index (χ0) is 17.0. The van der Waals surface area contributed by atoms with Gasteiger partial charge >= 0.3 is 0 Å². The molecule has 2 heterocycles. The van der Waals surface area contributed by atoms with Crippen LogP contribution in [0.5, 0.6) is 0 Å². The number of sulfonamides is 1. The summed E-state index contributed by atoms with van der Waals surface area (Å²) < 4.78 is 27.6. The van der Waals surface area contributed by atoms with Gasteiger partial charge in [-0.25, -0.2) is 8.42 Å². The largest absolute Gasteiger partial charge is 0.303 e. The Hall–Kier alpha value is -1.37. The lowest BCUT2D eigenvalue weighted by molar-refractivity contribution is 0.334. The number of anilines is 1. The van der Waals surface area contributed by atoms with Crippen LogP contribution in [0.1, 0.15) is 29.7 Å². The third-order valence-corrected chi connectivity index (χ3v) is 7.20. The highest BCUT2D eigenvalue weighted by molar-refractivity contribution is 7.94. The SMILES string of the molecule is Cc1ccc(S(=O)(=O)Nc2ccc(CCCN3CCCC3)cc2)s1. The maximum absolute atomic E-state index is 12.3. The van der Waals surface area contributed by atoms with Crippen LogP contribution in [0.4, 0.5) is 5.69 Å². The Balaban J connectivity index is 1.54. The van der Waals surface area contributed by atoms with Gasteiger partial charge in [-0.1, -0.05) is 12.1 Å². The third kappa shape index (κ3) is 4.59. The molecule has 0 aliphatic carbocycles. The molecule has 130 valence electrons. The average Bonchev–Trinajstić information content (AvgIpc) is 3.21. The van der Waals surface area contributed by atoms with Crippen molar-refractivity contribution >= 4 is 27.0 Å². The van der Waals surface area contributed by atoms with Crippen molar-refractivity contribution in [1.29, 1.82) is 0 Å². The summed E-state index contributed by atoms with van der Waals surface area (Å²) >= 11 is 1.29. The fraction of sp³-hybridized carbons (Fsp3) is 0.444. The van der Waals surface area contributed by atoms with Crippen molar-refractivity contribution in [3.63, 3.8) is 0 Å². The zero-order valence-electron chi connectivity index (χ0n) is 14.0. The normalized spacial score (nSPS) is 15.7. The molecule has 1 aromatic carbocycles. The summed E-state index contributed by atoms with van der Waals surface area (Å²) in [7, 11) is -3.47. The quantitative estimate of drug-likeness (QED) is 0.811. The van der Waals surface area contributed by atoms with Gasteiger partial charge in [0.05, 0.1) is 0 Å². The first kappa shape index (κ1) is 17.5. The van der Waals surface area contributed by atoms with E-state index in [2.05, 4.69) is 9.62 Å². The van der Waals surface area contributed by atoms with Crippen LogP contribution in [0, 0.1) is 6.92 Å². The van der Waals surface area contributed by atoms with Gasteiger partial charge in [0, 0.05) is 10.6 Å². The van der Waals surface area contributed by atoms with E-state index in [0.717, 1.165) is 24.3 Å². The molecule has 6 heteroatoms. The molecular formula is C18H24N2O2S2. The van der Waals surface area contributed by atoms with Crippen LogP contribution >= 0.6 is 11.3 Å². The van der Waals surface area contributed by atoms with Gasteiger partial charge in [0.25, 0.3) is 10.0 Å². The van der Waals surface area contributed by atoms with Crippen LogP contribution in [-0.2, 0) is 16.4 Å². The maximum Gasteiger partial charge on any atom is 0.271 e. The zero-order valence-corrected chi connectivity index (χ0v) is 15.6. The molecule has 1 aromatic heterocycles. The van der Waals surface area contributed by atoms with Crippen molar-refractivity contribution in [2.24, 2.45) is 0 Å². The molecule has 0 atom stereocenters. The average molecular weight is 365 g/mol. The highest BCUT2D eigenvalue weighted by Crippen LogP contribution is 2.23. The van der Waals surface area contributed by atoms with E-state index in [1.807, 2.05) is 37.3 Å². The molecule has 1 aliphatic rings. The Labute approximate surface area is 148 Å². The number of likely N-dealkylation sites (tertiary alicyclic amines) is 1. The summed E-state index contributed by atoms with van der Waals surface area (Å²) in [6.45, 7) is 5.54. The van der Waals surface area contributed by atoms with E-state index in [4.69, 9.17) is 0 Å². The predicted octanol–water partition coefficient (Wildman–Crippen LogP) is 3.89. The fourth-order valence-corrected chi connectivity index (χ4v) is 5.36. The minimum atomic E-state index is -3.47. The summed E-state index contributed by atoms with van der Waals surface area (Å²) in [5.74, 6) is 0. The summed E-state index contributed by atoms with van der Waals surface area (Å²) in [4.78, 5) is 3.51. The van der Waals surface area contributed by atoms with E-state index in [9.17, 15) is 8.42 Å². The lowest BCUT2D eigenvalue weighted by atomic mass is 10.1. The molecule has 2 aromatic rings. The van der Waals surface area contributed by atoms with Crippen molar-refractivity contribution in [1.82, 2.24) is 4.90 Å². The standard InChI is InChI=1S/C18H24N2O2S2/c1-15-6-11-18(23-15)24(21,22)19-17-9-7-16(8-10-17)5-4-14-20-12-2-3-13-20/h6-11,19H,2-5,12-14H2,1H3. The van der Waals surface area contributed by atoms with Gasteiger partial charge < -0.3 is 4.90 Å². The van der Waals surface area contributed by atoms with E-state index in [0.29, 0.717) is 9.90 Å². The first-order chi connectivity index (χ1) is 11.5. The highest BCUT2D eigenvalue weighted by Gasteiger charge is 2.16. The lowest BCUT2D eigenvalue weighted by Crippen LogP contribution is -2.20. The fourth-order valence-electron chi connectivity index (χ4n) is 3.01. The van der Waals surface area contributed by atoms with Gasteiger partial charge in [0.1, 0.15) is 4.21 Å². The number of hydrogen-bond donors (Lipinski definition) is 1. The molecule has 1 aliphatic heterocycles. The van der Waals surface area contributed by atoms with Crippen LogP contribution in [-0.4, -0.2) is 33.0 Å². The topological polar surface area (TPSA) is 49.4 Å². The minimum absolute atomic E-state index is 0.356. The van der Waals surface area contributed by atoms with Crippen LogP contribution in [0.3, 0.4) is 0 Å².